The summed E-state index contributed by atoms with van der Waals surface area (Å²) < 4.78 is 42.5. The van der Waals surface area contributed by atoms with Gasteiger partial charge in [-0.15, -0.1) is 0 Å². The molecule has 0 aromatic heterocycles. The normalized spacial score (nSPS) is 13.1. The lowest BCUT2D eigenvalue weighted by atomic mass is 10.0. The molecule has 0 aliphatic heterocycles. The number of rotatable bonds is 6. The molecular weight excluding hydrogens is 334 g/mol. The quantitative estimate of drug-likeness (QED) is 0.626. The predicted octanol–water partition coefficient (Wildman–Crippen LogP) is 3.91. The molecule has 1 atom stereocenters. The fourth-order valence-corrected chi connectivity index (χ4v) is 1.84. The summed E-state index contributed by atoms with van der Waals surface area (Å²) in [6.45, 7) is -0.602. The van der Waals surface area contributed by atoms with Crippen molar-refractivity contribution in [2.24, 2.45) is 5.73 Å². The third-order valence-corrected chi connectivity index (χ3v) is 3.54. The van der Waals surface area contributed by atoms with E-state index in [0.29, 0.717) is 4.47 Å². The summed E-state index contributed by atoms with van der Waals surface area (Å²) in [5.74, 6) is -0.604. The van der Waals surface area contributed by atoms with Crippen molar-refractivity contribution in [3.63, 3.8) is 0 Å². The number of hydrogen-bond acceptors (Lipinski definition) is 2. The summed E-state index contributed by atoms with van der Waals surface area (Å²) in [5.41, 5.74) is 5.99. The largest absolute Gasteiger partial charge is 0.375 e. The minimum Gasteiger partial charge on any atom is -0.375 e. The minimum atomic E-state index is -2.51. The molecule has 1 aromatic carbocycles. The Bertz CT molecular complexity index is 406. The van der Waals surface area contributed by atoms with Crippen molar-refractivity contribution in [1.82, 2.24) is 0 Å². The summed E-state index contributed by atoms with van der Waals surface area (Å²) in [7, 11) is 0. The maximum absolute atomic E-state index is 13.7. The fraction of sp³-hybridized carbons (Fsp3) is 0.455. The first kappa shape index (κ1) is 15.8. The van der Waals surface area contributed by atoms with Gasteiger partial charge in [0, 0.05) is 22.7 Å². The third-order valence-electron chi connectivity index (χ3n) is 2.28. The van der Waals surface area contributed by atoms with Crippen LogP contribution in [0.25, 0.3) is 0 Å². The van der Waals surface area contributed by atoms with Gasteiger partial charge in [-0.3, -0.25) is 0 Å². The number of benzene rings is 1. The summed E-state index contributed by atoms with van der Waals surface area (Å²) in [5, 5.41) is -0.0450. The number of hydrogen-bond donors (Lipinski definition) is 1. The van der Waals surface area contributed by atoms with Gasteiger partial charge in [0.05, 0.1) is 5.02 Å². The zero-order chi connectivity index (χ0) is 13.7. The van der Waals surface area contributed by atoms with Crippen LogP contribution < -0.4 is 5.73 Å². The van der Waals surface area contributed by atoms with Crippen molar-refractivity contribution in [2.75, 3.05) is 13.2 Å². The second-order valence-electron chi connectivity index (χ2n) is 3.63. The molecule has 0 heterocycles. The van der Waals surface area contributed by atoms with E-state index in [-0.39, 0.29) is 23.6 Å². The molecule has 1 rings (SSSR count). The molecule has 0 fully saturated rings. The lowest BCUT2D eigenvalue weighted by molar-refractivity contribution is 0.0151. The first-order valence-corrected chi connectivity index (χ1v) is 6.35. The summed E-state index contributed by atoms with van der Waals surface area (Å²) >= 11 is 8.81. The van der Waals surface area contributed by atoms with Crippen molar-refractivity contribution in [2.45, 2.75) is 18.9 Å². The molecule has 18 heavy (non-hydrogen) atoms. The molecular formula is C11H12BrClF3NO. The Kier molecular flexibility index (Phi) is 6.42. The van der Waals surface area contributed by atoms with Crippen LogP contribution in [-0.2, 0) is 4.74 Å². The highest BCUT2D eigenvalue weighted by molar-refractivity contribution is 9.10. The maximum Gasteiger partial charge on any atom is 0.261 e. The van der Waals surface area contributed by atoms with Gasteiger partial charge >= 0.3 is 0 Å². The van der Waals surface area contributed by atoms with Gasteiger partial charge in [-0.05, 0) is 28.4 Å². The van der Waals surface area contributed by atoms with Crippen molar-refractivity contribution in [3.8, 4) is 0 Å². The smallest absolute Gasteiger partial charge is 0.261 e. The number of ether oxygens (including phenoxy) is 1. The summed E-state index contributed by atoms with van der Waals surface area (Å²) in [6, 6.07) is 2.44. The van der Waals surface area contributed by atoms with Crippen molar-refractivity contribution >= 4 is 27.5 Å². The number of halogens is 5. The van der Waals surface area contributed by atoms with E-state index in [9.17, 15) is 13.2 Å². The van der Waals surface area contributed by atoms with Gasteiger partial charge in [-0.25, -0.2) is 13.2 Å². The zero-order valence-electron chi connectivity index (χ0n) is 9.31. The Labute approximate surface area is 116 Å². The topological polar surface area (TPSA) is 35.2 Å². The predicted molar refractivity (Wildman–Crippen MR) is 67.5 cm³/mol. The zero-order valence-corrected chi connectivity index (χ0v) is 11.6. The van der Waals surface area contributed by atoms with E-state index in [1.807, 2.05) is 0 Å². The van der Waals surface area contributed by atoms with Gasteiger partial charge < -0.3 is 10.5 Å². The highest BCUT2D eigenvalue weighted by Gasteiger charge is 2.16. The molecule has 7 heteroatoms. The van der Waals surface area contributed by atoms with Gasteiger partial charge in [0.1, 0.15) is 12.4 Å². The average molecular weight is 347 g/mol. The molecule has 0 radical (unpaired) electrons. The van der Waals surface area contributed by atoms with Crippen molar-refractivity contribution in [1.29, 1.82) is 0 Å². The summed E-state index contributed by atoms with van der Waals surface area (Å²) in [6.07, 6.45) is -2.28. The van der Waals surface area contributed by atoms with E-state index in [2.05, 4.69) is 20.7 Å². The van der Waals surface area contributed by atoms with Crippen LogP contribution >= 0.6 is 27.5 Å². The van der Waals surface area contributed by atoms with E-state index in [1.165, 1.54) is 6.07 Å². The van der Waals surface area contributed by atoms with Gasteiger partial charge in [0.25, 0.3) is 6.43 Å². The average Bonchev–Trinajstić information content (AvgIpc) is 2.31. The van der Waals surface area contributed by atoms with Crippen LogP contribution in [0, 0.1) is 5.82 Å². The second-order valence-corrected chi connectivity index (χ2v) is 4.86. The van der Waals surface area contributed by atoms with Crippen LogP contribution in [0.4, 0.5) is 13.2 Å². The Hall–Kier alpha value is -0.300. The lowest BCUT2D eigenvalue weighted by Gasteiger charge is -2.14. The molecule has 0 aliphatic carbocycles. The Balaban J connectivity index is 2.57. The van der Waals surface area contributed by atoms with Crippen LogP contribution in [0.1, 0.15) is 18.0 Å². The van der Waals surface area contributed by atoms with Crippen molar-refractivity contribution < 1.29 is 17.9 Å². The van der Waals surface area contributed by atoms with Crippen LogP contribution in [0.2, 0.25) is 5.02 Å². The van der Waals surface area contributed by atoms with Crippen LogP contribution in [-0.4, -0.2) is 19.6 Å². The standard InChI is InChI=1S/C11H12BrClF3NO/c12-7-2-1-6(11(16)10(7)13)8(17)3-4-18-5-9(14)15/h1-2,8-9H,3-5,17H2. The molecule has 0 saturated heterocycles. The van der Waals surface area contributed by atoms with Crippen LogP contribution in [0.15, 0.2) is 16.6 Å². The van der Waals surface area contributed by atoms with E-state index in [1.54, 1.807) is 6.07 Å². The highest BCUT2D eigenvalue weighted by Crippen LogP contribution is 2.30. The number of alkyl halides is 2. The van der Waals surface area contributed by atoms with Gasteiger partial charge in [0.15, 0.2) is 0 Å². The third kappa shape index (κ3) is 4.42. The second kappa shape index (κ2) is 7.33. The molecule has 2 nitrogen and oxygen atoms in total. The first-order chi connectivity index (χ1) is 8.43. The molecule has 0 bridgehead atoms. The van der Waals surface area contributed by atoms with E-state index in [0.717, 1.165) is 0 Å². The first-order valence-electron chi connectivity index (χ1n) is 5.18. The molecule has 1 aromatic rings. The Morgan fingerprint density at radius 2 is 2.06 bits per heavy atom. The van der Waals surface area contributed by atoms with E-state index in [4.69, 9.17) is 17.3 Å². The van der Waals surface area contributed by atoms with Gasteiger partial charge in [-0.1, -0.05) is 17.7 Å². The Morgan fingerprint density at radius 1 is 1.39 bits per heavy atom. The number of nitrogens with two attached hydrogens (primary N) is 1. The fourth-order valence-electron chi connectivity index (χ4n) is 1.37. The molecule has 102 valence electrons. The molecule has 0 amide bonds. The Morgan fingerprint density at radius 3 is 2.67 bits per heavy atom. The highest BCUT2D eigenvalue weighted by atomic mass is 79.9. The monoisotopic (exact) mass is 345 g/mol. The molecule has 0 saturated carbocycles. The van der Waals surface area contributed by atoms with Crippen LogP contribution in [0.3, 0.4) is 0 Å². The van der Waals surface area contributed by atoms with Gasteiger partial charge in [0.2, 0.25) is 0 Å². The summed E-state index contributed by atoms with van der Waals surface area (Å²) in [4.78, 5) is 0. The maximum atomic E-state index is 13.7. The lowest BCUT2D eigenvalue weighted by Crippen LogP contribution is -2.16. The van der Waals surface area contributed by atoms with Crippen LogP contribution in [0.5, 0.6) is 0 Å². The SMILES string of the molecule is NC(CCOCC(F)F)c1ccc(Br)c(Cl)c1F. The molecule has 0 spiro atoms. The van der Waals surface area contributed by atoms with Crippen molar-refractivity contribution in [3.05, 3.63) is 33.0 Å². The van der Waals surface area contributed by atoms with Gasteiger partial charge in [-0.2, -0.15) is 0 Å². The van der Waals surface area contributed by atoms with E-state index >= 15 is 0 Å². The minimum absolute atomic E-state index is 0.0403. The molecule has 1 unspecified atom stereocenters. The molecule has 0 aliphatic rings. The van der Waals surface area contributed by atoms with E-state index < -0.39 is 24.9 Å². The molecule has 2 N–H and O–H groups in total.